The summed E-state index contributed by atoms with van der Waals surface area (Å²) >= 11 is 12.1. The molecule has 0 aliphatic heterocycles. The molecule has 0 bridgehead atoms. The quantitative estimate of drug-likeness (QED) is 0.674. The van der Waals surface area contributed by atoms with E-state index in [2.05, 4.69) is 10.3 Å². The number of pyridine rings is 1. The number of benzene rings is 2. The molecule has 0 aliphatic carbocycles. The van der Waals surface area contributed by atoms with Crippen LogP contribution < -0.4 is 5.32 Å². The van der Waals surface area contributed by atoms with E-state index in [9.17, 15) is 9.18 Å². The van der Waals surface area contributed by atoms with E-state index in [0.29, 0.717) is 22.0 Å². The molecule has 0 aliphatic rings. The third-order valence-electron chi connectivity index (χ3n) is 3.34. The predicted molar refractivity (Wildman–Crippen MR) is 94.0 cm³/mol. The van der Waals surface area contributed by atoms with Crippen molar-refractivity contribution in [2.45, 2.75) is 0 Å². The molecular weight excluding hydrogens is 350 g/mol. The van der Waals surface area contributed by atoms with Crippen LogP contribution in [0.3, 0.4) is 0 Å². The Kier molecular flexibility index (Phi) is 4.79. The molecule has 1 N–H and O–H groups in total. The van der Waals surface area contributed by atoms with Crippen LogP contribution in [0.5, 0.6) is 0 Å². The van der Waals surface area contributed by atoms with Crippen molar-refractivity contribution in [1.29, 1.82) is 0 Å². The molecule has 0 radical (unpaired) electrons. The Labute approximate surface area is 148 Å². The molecule has 0 saturated heterocycles. The van der Waals surface area contributed by atoms with Gasteiger partial charge in [-0.15, -0.1) is 0 Å². The molecule has 0 atom stereocenters. The summed E-state index contributed by atoms with van der Waals surface area (Å²) in [5.74, 6) is -0.935. The van der Waals surface area contributed by atoms with Crippen LogP contribution in [0.2, 0.25) is 10.0 Å². The summed E-state index contributed by atoms with van der Waals surface area (Å²) in [6, 6.07) is 14.2. The molecule has 0 spiro atoms. The molecule has 1 amide bonds. The van der Waals surface area contributed by atoms with Gasteiger partial charge in [-0.05, 0) is 48.5 Å². The van der Waals surface area contributed by atoms with Crippen LogP contribution in [0.25, 0.3) is 11.3 Å². The van der Waals surface area contributed by atoms with E-state index in [1.165, 1.54) is 12.1 Å². The highest BCUT2D eigenvalue weighted by molar-refractivity contribution is 6.34. The van der Waals surface area contributed by atoms with Gasteiger partial charge < -0.3 is 5.32 Å². The Morgan fingerprint density at radius 2 is 1.83 bits per heavy atom. The summed E-state index contributed by atoms with van der Waals surface area (Å²) < 4.78 is 13.1. The summed E-state index contributed by atoms with van der Waals surface area (Å²) in [6.45, 7) is 0. The van der Waals surface area contributed by atoms with Gasteiger partial charge in [-0.25, -0.2) is 4.39 Å². The SMILES string of the molecule is O=C(Nc1ccc(Cl)c(-c2ccccn2)c1)c1ccc(F)cc1Cl. The highest BCUT2D eigenvalue weighted by atomic mass is 35.5. The number of halogens is 3. The fraction of sp³-hybridized carbons (Fsp3) is 0. The van der Waals surface area contributed by atoms with Crippen molar-refractivity contribution in [3.8, 4) is 11.3 Å². The number of hydrogen-bond donors (Lipinski definition) is 1. The van der Waals surface area contributed by atoms with Crippen LogP contribution in [0.15, 0.2) is 60.8 Å². The maximum Gasteiger partial charge on any atom is 0.257 e. The van der Waals surface area contributed by atoms with Crippen LogP contribution in [0.4, 0.5) is 10.1 Å². The highest BCUT2D eigenvalue weighted by Crippen LogP contribution is 2.29. The zero-order chi connectivity index (χ0) is 17.1. The van der Waals surface area contributed by atoms with E-state index in [4.69, 9.17) is 23.2 Å². The first kappa shape index (κ1) is 16.4. The first-order chi connectivity index (χ1) is 11.5. The Morgan fingerprint density at radius 3 is 2.54 bits per heavy atom. The van der Waals surface area contributed by atoms with Crippen LogP contribution in [0, 0.1) is 5.82 Å². The zero-order valence-electron chi connectivity index (χ0n) is 12.3. The number of amides is 1. The van der Waals surface area contributed by atoms with Crippen molar-refractivity contribution in [3.63, 3.8) is 0 Å². The third-order valence-corrected chi connectivity index (χ3v) is 3.98. The molecule has 2 aromatic carbocycles. The van der Waals surface area contributed by atoms with Crippen LogP contribution in [-0.4, -0.2) is 10.9 Å². The van der Waals surface area contributed by atoms with E-state index < -0.39 is 11.7 Å². The second kappa shape index (κ2) is 6.99. The first-order valence-corrected chi connectivity index (χ1v) is 7.77. The molecule has 3 nitrogen and oxygen atoms in total. The summed E-state index contributed by atoms with van der Waals surface area (Å²) in [5.41, 5.74) is 2.11. The topological polar surface area (TPSA) is 42.0 Å². The molecule has 3 rings (SSSR count). The van der Waals surface area contributed by atoms with E-state index in [1.54, 1.807) is 30.5 Å². The van der Waals surface area contributed by atoms with E-state index in [-0.39, 0.29) is 10.6 Å². The van der Waals surface area contributed by atoms with Gasteiger partial charge in [0, 0.05) is 17.4 Å². The molecule has 0 saturated carbocycles. The Hall–Kier alpha value is -2.43. The van der Waals surface area contributed by atoms with Crippen LogP contribution >= 0.6 is 23.2 Å². The number of hydrogen-bond acceptors (Lipinski definition) is 2. The molecule has 1 aromatic heterocycles. The molecular formula is C18H11Cl2FN2O. The van der Waals surface area contributed by atoms with Crippen molar-refractivity contribution in [1.82, 2.24) is 4.98 Å². The lowest BCUT2D eigenvalue weighted by molar-refractivity contribution is 0.102. The minimum absolute atomic E-state index is 0.0476. The number of nitrogens with zero attached hydrogens (tertiary/aromatic N) is 1. The molecule has 120 valence electrons. The third kappa shape index (κ3) is 3.55. The highest BCUT2D eigenvalue weighted by Gasteiger charge is 2.13. The van der Waals surface area contributed by atoms with Gasteiger partial charge in [-0.3, -0.25) is 9.78 Å². The monoisotopic (exact) mass is 360 g/mol. The lowest BCUT2D eigenvalue weighted by atomic mass is 10.1. The van der Waals surface area contributed by atoms with Crippen LogP contribution in [0.1, 0.15) is 10.4 Å². The largest absolute Gasteiger partial charge is 0.322 e. The smallest absolute Gasteiger partial charge is 0.257 e. The maximum atomic E-state index is 13.1. The lowest BCUT2D eigenvalue weighted by Gasteiger charge is -2.10. The number of carbonyl (C=O) groups excluding carboxylic acids is 1. The molecule has 3 aromatic rings. The maximum absolute atomic E-state index is 13.1. The van der Waals surface area contributed by atoms with Gasteiger partial charge in [-0.2, -0.15) is 0 Å². The molecule has 0 fully saturated rings. The Balaban J connectivity index is 1.89. The summed E-state index contributed by atoms with van der Waals surface area (Å²) in [4.78, 5) is 16.6. The molecule has 6 heteroatoms. The number of rotatable bonds is 3. The van der Waals surface area contributed by atoms with E-state index in [0.717, 1.165) is 6.07 Å². The average molecular weight is 361 g/mol. The molecule has 24 heavy (non-hydrogen) atoms. The van der Waals surface area contributed by atoms with Gasteiger partial charge in [0.1, 0.15) is 5.82 Å². The Morgan fingerprint density at radius 1 is 1.00 bits per heavy atom. The number of anilines is 1. The fourth-order valence-corrected chi connectivity index (χ4v) is 2.66. The van der Waals surface area contributed by atoms with E-state index in [1.807, 2.05) is 12.1 Å². The van der Waals surface area contributed by atoms with Crippen molar-refractivity contribution in [3.05, 3.63) is 82.2 Å². The normalized spacial score (nSPS) is 10.5. The van der Waals surface area contributed by atoms with Gasteiger partial charge in [-0.1, -0.05) is 29.3 Å². The molecule has 1 heterocycles. The van der Waals surface area contributed by atoms with Crippen molar-refractivity contribution < 1.29 is 9.18 Å². The second-order valence-electron chi connectivity index (χ2n) is 4.99. The van der Waals surface area contributed by atoms with Gasteiger partial charge >= 0.3 is 0 Å². The molecule has 0 unspecified atom stereocenters. The number of nitrogens with one attached hydrogen (secondary N) is 1. The Bertz CT molecular complexity index is 901. The van der Waals surface area contributed by atoms with Gasteiger partial charge in [0.2, 0.25) is 0 Å². The van der Waals surface area contributed by atoms with Gasteiger partial charge in [0.05, 0.1) is 21.3 Å². The standard InChI is InChI=1S/C18H11Cl2FN2O/c19-15-7-5-12(10-14(15)17-3-1-2-8-22-17)23-18(24)13-6-4-11(21)9-16(13)20/h1-10H,(H,23,24). The van der Waals surface area contributed by atoms with Gasteiger partial charge in [0.15, 0.2) is 0 Å². The first-order valence-electron chi connectivity index (χ1n) is 7.02. The van der Waals surface area contributed by atoms with Crippen molar-refractivity contribution in [2.75, 3.05) is 5.32 Å². The minimum atomic E-state index is -0.500. The second-order valence-corrected chi connectivity index (χ2v) is 5.80. The summed E-state index contributed by atoms with van der Waals surface area (Å²) in [6.07, 6.45) is 1.66. The van der Waals surface area contributed by atoms with Crippen LogP contribution in [-0.2, 0) is 0 Å². The summed E-state index contributed by atoms with van der Waals surface area (Å²) in [7, 11) is 0. The fourth-order valence-electron chi connectivity index (χ4n) is 2.19. The van der Waals surface area contributed by atoms with E-state index >= 15 is 0 Å². The van der Waals surface area contributed by atoms with Crippen molar-refractivity contribution >= 4 is 34.8 Å². The number of carbonyl (C=O) groups is 1. The van der Waals surface area contributed by atoms with Crippen molar-refractivity contribution in [2.24, 2.45) is 0 Å². The average Bonchev–Trinajstić information content (AvgIpc) is 2.57. The van der Waals surface area contributed by atoms with Gasteiger partial charge in [0.25, 0.3) is 5.91 Å². The summed E-state index contributed by atoms with van der Waals surface area (Å²) in [5, 5.41) is 3.29. The zero-order valence-corrected chi connectivity index (χ0v) is 13.8. The lowest BCUT2D eigenvalue weighted by Crippen LogP contribution is -2.12. The minimum Gasteiger partial charge on any atom is -0.322 e. The predicted octanol–water partition coefficient (Wildman–Crippen LogP) is 5.45. The number of aromatic nitrogens is 1.